The van der Waals surface area contributed by atoms with Gasteiger partial charge in [-0.05, 0) is 25.0 Å². The average molecular weight is 370 g/mol. The van der Waals surface area contributed by atoms with E-state index >= 15 is 0 Å². The Morgan fingerprint density at radius 1 is 0.679 bits per heavy atom. The molecule has 2 aliphatic heterocycles. The smallest absolute Gasteiger partial charge is 0.259 e. The van der Waals surface area contributed by atoms with Crippen LogP contribution in [0.2, 0.25) is 0 Å². The quantitative estimate of drug-likeness (QED) is 0.557. The van der Waals surface area contributed by atoms with Crippen molar-refractivity contribution < 1.29 is 9.59 Å². The van der Waals surface area contributed by atoms with Gasteiger partial charge in [0.15, 0.2) is 0 Å². The van der Waals surface area contributed by atoms with Crippen LogP contribution in [0.15, 0.2) is 73.8 Å². The highest BCUT2D eigenvalue weighted by Crippen LogP contribution is 2.46. The summed E-state index contributed by atoms with van der Waals surface area (Å²) in [4.78, 5) is 30.3. The minimum Gasteiger partial charge on any atom is -0.307 e. The van der Waals surface area contributed by atoms with Crippen molar-refractivity contribution in [2.24, 2.45) is 0 Å². The van der Waals surface area contributed by atoms with Gasteiger partial charge in [-0.2, -0.15) is 0 Å². The van der Waals surface area contributed by atoms with Crippen molar-refractivity contribution in [1.29, 1.82) is 0 Å². The Morgan fingerprint density at radius 2 is 1.07 bits per heavy atom. The molecule has 2 aromatic rings. The number of carbonyl (C=O) groups is 2. The highest BCUT2D eigenvalue weighted by atomic mass is 16.2. The van der Waals surface area contributed by atoms with E-state index in [0.29, 0.717) is 37.1 Å². The zero-order chi connectivity index (χ0) is 19.7. The monoisotopic (exact) mass is 370 g/mol. The minimum atomic E-state index is -0.119. The number of para-hydroxylation sites is 2. The molecular weight excluding hydrogens is 348 g/mol. The maximum atomic E-state index is 13.4. The van der Waals surface area contributed by atoms with Crippen LogP contribution in [-0.4, -0.2) is 24.9 Å². The van der Waals surface area contributed by atoms with Crippen LogP contribution in [0, 0.1) is 0 Å². The van der Waals surface area contributed by atoms with E-state index in [2.05, 4.69) is 13.2 Å². The SMILES string of the molecule is C=CCCN1C(=O)/C(=C2/C(=O)N(CCC=C)c3ccccc32)c2ccccc21. The maximum absolute atomic E-state index is 13.4. The molecule has 2 amide bonds. The fourth-order valence-corrected chi connectivity index (χ4v) is 3.93. The van der Waals surface area contributed by atoms with Gasteiger partial charge < -0.3 is 9.80 Å². The lowest BCUT2D eigenvalue weighted by molar-refractivity contribution is -0.114. The lowest BCUT2D eigenvalue weighted by Gasteiger charge is -2.16. The molecule has 2 aliphatic rings. The van der Waals surface area contributed by atoms with Crippen molar-refractivity contribution >= 4 is 34.3 Å². The first-order valence-electron chi connectivity index (χ1n) is 9.47. The molecule has 0 atom stereocenters. The number of anilines is 2. The third kappa shape index (κ3) is 2.69. The van der Waals surface area contributed by atoms with Crippen molar-refractivity contribution in [1.82, 2.24) is 0 Å². The van der Waals surface area contributed by atoms with Gasteiger partial charge in [0.1, 0.15) is 0 Å². The molecule has 4 nitrogen and oxygen atoms in total. The summed E-state index contributed by atoms with van der Waals surface area (Å²) in [5.41, 5.74) is 4.34. The molecule has 0 N–H and O–H groups in total. The summed E-state index contributed by atoms with van der Waals surface area (Å²) in [5.74, 6) is -0.237. The molecule has 0 aliphatic carbocycles. The molecule has 0 spiro atoms. The topological polar surface area (TPSA) is 40.6 Å². The summed E-state index contributed by atoms with van der Waals surface area (Å²) in [7, 11) is 0. The molecule has 4 heteroatoms. The second kappa shape index (κ2) is 7.31. The van der Waals surface area contributed by atoms with Crippen LogP contribution in [0.1, 0.15) is 24.0 Å². The Balaban J connectivity index is 1.91. The Labute approximate surface area is 165 Å². The van der Waals surface area contributed by atoms with Crippen molar-refractivity contribution in [2.75, 3.05) is 22.9 Å². The van der Waals surface area contributed by atoms with Crippen molar-refractivity contribution in [3.05, 3.63) is 85.0 Å². The normalized spacial score (nSPS) is 17.7. The molecule has 28 heavy (non-hydrogen) atoms. The molecule has 0 fully saturated rings. The highest BCUT2D eigenvalue weighted by molar-refractivity contribution is 6.49. The van der Waals surface area contributed by atoms with Crippen LogP contribution in [-0.2, 0) is 9.59 Å². The van der Waals surface area contributed by atoms with Crippen LogP contribution in [0.4, 0.5) is 11.4 Å². The van der Waals surface area contributed by atoms with Crippen LogP contribution in [0.25, 0.3) is 11.1 Å². The molecular formula is C24H22N2O2. The van der Waals surface area contributed by atoms with Gasteiger partial charge in [0.25, 0.3) is 11.8 Å². The minimum absolute atomic E-state index is 0.119. The second-order valence-electron chi connectivity index (χ2n) is 6.85. The van der Waals surface area contributed by atoms with Gasteiger partial charge in [0.05, 0.1) is 22.5 Å². The van der Waals surface area contributed by atoms with Gasteiger partial charge in [-0.1, -0.05) is 48.6 Å². The number of hydrogen-bond donors (Lipinski definition) is 0. The van der Waals surface area contributed by atoms with Crippen molar-refractivity contribution in [3.8, 4) is 0 Å². The Bertz CT molecular complexity index is 937. The number of carbonyl (C=O) groups excluding carboxylic acids is 2. The van der Waals surface area contributed by atoms with E-state index in [1.54, 1.807) is 22.0 Å². The third-order valence-electron chi connectivity index (χ3n) is 5.21. The first-order valence-corrected chi connectivity index (χ1v) is 9.47. The van der Waals surface area contributed by atoms with E-state index in [-0.39, 0.29) is 11.8 Å². The first-order chi connectivity index (χ1) is 13.7. The van der Waals surface area contributed by atoms with E-state index in [0.717, 1.165) is 22.5 Å². The van der Waals surface area contributed by atoms with Gasteiger partial charge in [-0.25, -0.2) is 0 Å². The molecule has 0 saturated heterocycles. The zero-order valence-electron chi connectivity index (χ0n) is 15.7. The third-order valence-corrected chi connectivity index (χ3v) is 5.21. The number of benzene rings is 2. The number of hydrogen-bond acceptors (Lipinski definition) is 2. The van der Waals surface area contributed by atoms with Gasteiger partial charge in [-0.3, -0.25) is 9.59 Å². The number of fused-ring (bicyclic) bond motifs is 2. The Kier molecular flexibility index (Phi) is 4.70. The molecule has 2 aromatic carbocycles. The van der Waals surface area contributed by atoms with Gasteiger partial charge in [0.2, 0.25) is 0 Å². The summed E-state index contributed by atoms with van der Waals surface area (Å²) in [6.45, 7) is 8.62. The summed E-state index contributed by atoms with van der Waals surface area (Å²) in [6.07, 6.45) is 4.99. The maximum Gasteiger partial charge on any atom is 0.259 e. The zero-order valence-corrected chi connectivity index (χ0v) is 15.7. The molecule has 2 heterocycles. The van der Waals surface area contributed by atoms with E-state index in [1.165, 1.54) is 0 Å². The predicted molar refractivity (Wildman–Crippen MR) is 114 cm³/mol. The molecule has 4 rings (SSSR count). The average Bonchev–Trinajstić information content (AvgIpc) is 3.15. The second-order valence-corrected chi connectivity index (χ2v) is 6.85. The van der Waals surface area contributed by atoms with Crippen molar-refractivity contribution in [2.45, 2.75) is 12.8 Å². The lowest BCUT2D eigenvalue weighted by atomic mass is 9.96. The van der Waals surface area contributed by atoms with Gasteiger partial charge >= 0.3 is 0 Å². The van der Waals surface area contributed by atoms with E-state index in [1.807, 2.05) is 48.5 Å². The van der Waals surface area contributed by atoms with Crippen LogP contribution in [0.3, 0.4) is 0 Å². The first kappa shape index (κ1) is 18.0. The molecule has 140 valence electrons. The standard InChI is InChI=1S/C24H22N2O2/c1-3-5-15-25-19-13-9-7-11-17(19)21(23(25)27)22-18-12-8-10-14-20(18)26(24(22)28)16-6-4-2/h3-4,7-14H,1-2,5-6,15-16H2/b22-21+. The van der Waals surface area contributed by atoms with Gasteiger partial charge in [0, 0.05) is 24.2 Å². The molecule has 0 bridgehead atoms. The summed E-state index contributed by atoms with van der Waals surface area (Å²) < 4.78 is 0. The largest absolute Gasteiger partial charge is 0.307 e. The summed E-state index contributed by atoms with van der Waals surface area (Å²) in [6, 6.07) is 15.4. The number of rotatable bonds is 6. The van der Waals surface area contributed by atoms with E-state index in [9.17, 15) is 9.59 Å². The fourth-order valence-electron chi connectivity index (χ4n) is 3.93. The summed E-state index contributed by atoms with van der Waals surface area (Å²) in [5, 5.41) is 0. The van der Waals surface area contributed by atoms with Crippen LogP contribution in [0.5, 0.6) is 0 Å². The summed E-state index contributed by atoms with van der Waals surface area (Å²) >= 11 is 0. The van der Waals surface area contributed by atoms with E-state index < -0.39 is 0 Å². The Hall–Kier alpha value is -3.40. The fraction of sp³-hybridized carbons (Fsp3) is 0.167. The highest BCUT2D eigenvalue weighted by Gasteiger charge is 2.41. The van der Waals surface area contributed by atoms with Crippen LogP contribution < -0.4 is 9.80 Å². The van der Waals surface area contributed by atoms with Crippen LogP contribution >= 0.6 is 0 Å². The molecule has 0 radical (unpaired) electrons. The molecule has 0 unspecified atom stereocenters. The van der Waals surface area contributed by atoms with Crippen molar-refractivity contribution in [3.63, 3.8) is 0 Å². The number of nitrogens with zero attached hydrogens (tertiary/aromatic N) is 2. The number of amides is 2. The van der Waals surface area contributed by atoms with Gasteiger partial charge in [-0.15, -0.1) is 13.2 Å². The van der Waals surface area contributed by atoms with E-state index in [4.69, 9.17) is 0 Å². The Morgan fingerprint density at radius 3 is 1.46 bits per heavy atom. The molecule has 0 aromatic heterocycles. The lowest BCUT2D eigenvalue weighted by Crippen LogP contribution is -2.29. The molecule has 0 saturated carbocycles. The predicted octanol–water partition coefficient (Wildman–Crippen LogP) is 4.44.